The first-order valence-electron chi connectivity index (χ1n) is 5.76. The zero-order chi connectivity index (χ0) is 13.2. The summed E-state index contributed by atoms with van der Waals surface area (Å²) in [5.41, 5.74) is 1.92. The molecule has 0 saturated heterocycles. The summed E-state index contributed by atoms with van der Waals surface area (Å²) in [7, 11) is 0. The number of hydrogen-bond donors (Lipinski definition) is 1. The number of thioether (sulfide) groups is 1. The smallest absolute Gasteiger partial charge is 0.370 e. The van der Waals surface area contributed by atoms with Crippen LogP contribution in [0.1, 0.15) is 30.4 Å². The average molecular weight is 277 g/mol. The number of nitrogens with zero attached hydrogens (tertiary/aromatic N) is 2. The predicted octanol–water partition coefficient (Wildman–Crippen LogP) is 3.15. The van der Waals surface area contributed by atoms with Gasteiger partial charge >= 0.3 is 6.18 Å². The molecule has 0 fully saturated rings. The fourth-order valence-electron chi connectivity index (χ4n) is 1.78. The molecule has 0 unspecified atom stereocenters. The number of alkyl halides is 3. The lowest BCUT2D eigenvalue weighted by atomic mass is 10.2. The lowest BCUT2D eigenvalue weighted by Crippen LogP contribution is -2.13. The number of fused-ring (bicyclic) bond motifs is 1. The van der Waals surface area contributed by atoms with Crippen molar-refractivity contribution in [1.29, 1.82) is 0 Å². The van der Waals surface area contributed by atoms with E-state index in [2.05, 4.69) is 15.3 Å². The summed E-state index contributed by atoms with van der Waals surface area (Å²) < 4.78 is 36.6. The third-order valence-electron chi connectivity index (χ3n) is 2.60. The molecule has 1 aromatic rings. The Morgan fingerprint density at radius 3 is 2.72 bits per heavy atom. The maximum absolute atomic E-state index is 12.2. The first kappa shape index (κ1) is 13.5. The molecule has 2 heterocycles. The van der Waals surface area contributed by atoms with Crippen molar-refractivity contribution in [3.05, 3.63) is 17.1 Å². The fraction of sp³-hybridized carbons (Fsp3) is 0.636. The minimum absolute atomic E-state index is 0.153. The predicted molar refractivity (Wildman–Crippen MR) is 65.6 cm³/mol. The Bertz CT molecular complexity index is 434. The summed E-state index contributed by atoms with van der Waals surface area (Å²) in [5, 5.41) is 3.10. The number of aryl methyl sites for hydroxylation is 1. The van der Waals surface area contributed by atoms with E-state index in [-0.39, 0.29) is 12.2 Å². The molecule has 0 spiro atoms. The zero-order valence-electron chi connectivity index (χ0n) is 9.97. The molecular weight excluding hydrogens is 263 g/mol. The van der Waals surface area contributed by atoms with Crippen LogP contribution in [0.25, 0.3) is 0 Å². The molecule has 1 aliphatic heterocycles. The van der Waals surface area contributed by atoms with E-state index in [1.807, 2.05) is 6.92 Å². The fourth-order valence-corrected chi connectivity index (χ4v) is 2.82. The summed E-state index contributed by atoms with van der Waals surface area (Å²) in [6.45, 7) is 2.64. The molecule has 3 nitrogen and oxygen atoms in total. The van der Waals surface area contributed by atoms with Crippen LogP contribution >= 0.6 is 11.8 Å². The van der Waals surface area contributed by atoms with Crippen molar-refractivity contribution in [2.24, 2.45) is 0 Å². The first-order valence-corrected chi connectivity index (χ1v) is 6.92. The highest BCUT2D eigenvalue weighted by Crippen LogP contribution is 2.33. The Morgan fingerprint density at radius 1 is 1.28 bits per heavy atom. The molecule has 0 aliphatic carbocycles. The number of rotatable bonds is 4. The standard InChI is InChI=1S/C11H14F3N3S/c1-2-15-10-7-5-18-6-8(7)16-9(17-10)3-4-11(12,13)14/h2-6H2,1H3,(H,15,16,17). The second kappa shape index (κ2) is 5.34. The first-order chi connectivity index (χ1) is 8.49. The summed E-state index contributed by atoms with van der Waals surface area (Å²) in [6, 6.07) is 0. The summed E-state index contributed by atoms with van der Waals surface area (Å²) in [6.07, 6.45) is -5.18. The van der Waals surface area contributed by atoms with Crippen molar-refractivity contribution in [2.75, 3.05) is 11.9 Å². The molecule has 100 valence electrons. The topological polar surface area (TPSA) is 37.8 Å². The third-order valence-corrected chi connectivity index (χ3v) is 3.57. The second-order valence-electron chi connectivity index (χ2n) is 4.05. The van der Waals surface area contributed by atoms with Gasteiger partial charge in [-0.15, -0.1) is 0 Å². The molecule has 0 amide bonds. The maximum Gasteiger partial charge on any atom is 0.389 e. The van der Waals surface area contributed by atoms with E-state index < -0.39 is 12.6 Å². The lowest BCUT2D eigenvalue weighted by Gasteiger charge is -2.11. The van der Waals surface area contributed by atoms with Crippen LogP contribution in [0, 0.1) is 0 Å². The molecule has 0 radical (unpaired) electrons. The van der Waals surface area contributed by atoms with Gasteiger partial charge in [0.1, 0.15) is 11.6 Å². The van der Waals surface area contributed by atoms with Crippen molar-refractivity contribution in [2.45, 2.75) is 37.4 Å². The van der Waals surface area contributed by atoms with Gasteiger partial charge in [0.2, 0.25) is 0 Å². The largest absolute Gasteiger partial charge is 0.389 e. The Labute approximate surface area is 108 Å². The van der Waals surface area contributed by atoms with Gasteiger partial charge in [-0.25, -0.2) is 9.97 Å². The van der Waals surface area contributed by atoms with Crippen molar-refractivity contribution in [3.8, 4) is 0 Å². The molecule has 0 saturated carbocycles. The minimum Gasteiger partial charge on any atom is -0.370 e. The van der Waals surface area contributed by atoms with Crippen LogP contribution in [-0.2, 0) is 17.9 Å². The SMILES string of the molecule is CCNc1nc(CCC(F)(F)F)nc2c1CSC2. The minimum atomic E-state index is -4.16. The summed E-state index contributed by atoms with van der Waals surface area (Å²) in [5.74, 6) is 2.57. The second-order valence-corrected chi connectivity index (χ2v) is 5.04. The highest BCUT2D eigenvalue weighted by Gasteiger charge is 2.28. The van der Waals surface area contributed by atoms with E-state index in [0.717, 1.165) is 22.8 Å². The molecule has 0 bridgehead atoms. The summed E-state index contributed by atoms with van der Waals surface area (Å²) in [4.78, 5) is 8.43. The van der Waals surface area contributed by atoms with Crippen molar-refractivity contribution >= 4 is 17.6 Å². The number of hydrogen-bond acceptors (Lipinski definition) is 4. The monoisotopic (exact) mass is 277 g/mol. The van der Waals surface area contributed by atoms with Gasteiger partial charge < -0.3 is 5.32 Å². The summed E-state index contributed by atoms with van der Waals surface area (Å²) >= 11 is 1.71. The molecule has 7 heteroatoms. The van der Waals surface area contributed by atoms with Crippen LogP contribution in [-0.4, -0.2) is 22.7 Å². The van der Waals surface area contributed by atoms with Gasteiger partial charge in [0, 0.05) is 30.0 Å². The van der Waals surface area contributed by atoms with E-state index in [0.29, 0.717) is 12.4 Å². The van der Waals surface area contributed by atoms with Gasteiger partial charge in [-0.3, -0.25) is 0 Å². The number of halogens is 3. The Kier molecular flexibility index (Phi) is 3.99. The molecule has 1 aliphatic rings. The molecule has 1 aromatic heterocycles. The average Bonchev–Trinajstić information content (AvgIpc) is 2.74. The van der Waals surface area contributed by atoms with E-state index in [9.17, 15) is 13.2 Å². The van der Waals surface area contributed by atoms with Gasteiger partial charge in [-0.2, -0.15) is 24.9 Å². The maximum atomic E-state index is 12.2. The Morgan fingerprint density at radius 2 is 2.06 bits per heavy atom. The van der Waals surface area contributed by atoms with Crippen LogP contribution in [0.4, 0.5) is 19.0 Å². The van der Waals surface area contributed by atoms with E-state index in [1.54, 1.807) is 11.8 Å². The van der Waals surface area contributed by atoms with Crippen LogP contribution < -0.4 is 5.32 Å². The van der Waals surface area contributed by atoms with Gasteiger partial charge in [0.05, 0.1) is 12.1 Å². The van der Waals surface area contributed by atoms with Crippen molar-refractivity contribution in [1.82, 2.24) is 9.97 Å². The van der Waals surface area contributed by atoms with E-state index in [1.165, 1.54) is 0 Å². The number of anilines is 1. The van der Waals surface area contributed by atoms with E-state index in [4.69, 9.17) is 0 Å². The van der Waals surface area contributed by atoms with Crippen LogP contribution in [0.3, 0.4) is 0 Å². The highest BCUT2D eigenvalue weighted by atomic mass is 32.2. The van der Waals surface area contributed by atoms with Gasteiger partial charge in [0.25, 0.3) is 0 Å². The molecular formula is C11H14F3N3S. The molecule has 0 atom stereocenters. The van der Waals surface area contributed by atoms with Crippen LogP contribution in [0.5, 0.6) is 0 Å². The molecule has 18 heavy (non-hydrogen) atoms. The van der Waals surface area contributed by atoms with E-state index >= 15 is 0 Å². The number of nitrogens with one attached hydrogen (secondary N) is 1. The third kappa shape index (κ3) is 3.28. The molecule has 2 rings (SSSR count). The van der Waals surface area contributed by atoms with Crippen molar-refractivity contribution in [3.63, 3.8) is 0 Å². The number of aromatic nitrogens is 2. The van der Waals surface area contributed by atoms with Crippen molar-refractivity contribution < 1.29 is 13.2 Å². The van der Waals surface area contributed by atoms with Crippen LogP contribution in [0.2, 0.25) is 0 Å². The normalized spacial score (nSPS) is 14.7. The molecule has 0 aromatic carbocycles. The quantitative estimate of drug-likeness (QED) is 0.917. The van der Waals surface area contributed by atoms with Crippen LogP contribution in [0.15, 0.2) is 0 Å². The van der Waals surface area contributed by atoms with Gasteiger partial charge in [-0.1, -0.05) is 0 Å². The van der Waals surface area contributed by atoms with Gasteiger partial charge in [0.15, 0.2) is 0 Å². The molecule has 1 N–H and O–H groups in total. The zero-order valence-corrected chi connectivity index (χ0v) is 10.8. The lowest BCUT2D eigenvalue weighted by molar-refractivity contribution is -0.134. The highest BCUT2D eigenvalue weighted by molar-refractivity contribution is 7.98. The Hall–Kier alpha value is -0.980. The Balaban J connectivity index is 2.19. The van der Waals surface area contributed by atoms with Gasteiger partial charge in [-0.05, 0) is 6.92 Å².